The summed E-state index contributed by atoms with van der Waals surface area (Å²) in [5.74, 6) is 1.89. The minimum atomic E-state index is 0.751. The molecule has 0 radical (unpaired) electrons. The Kier molecular flexibility index (Phi) is 4.46. The predicted molar refractivity (Wildman–Crippen MR) is 77.5 cm³/mol. The number of nitrogens with zero attached hydrogens (tertiary/aromatic N) is 3. The third kappa shape index (κ3) is 3.36. The molecule has 18 heavy (non-hydrogen) atoms. The third-order valence-electron chi connectivity index (χ3n) is 3.57. The van der Waals surface area contributed by atoms with Gasteiger partial charge in [0, 0.05) is 19.6 Å². The first-order chi connectivity index (χ1) is 8.56. The van der Waals surface area contributed by atoms with Gasteiger partial charge in [-0.05, 0) is 51.9 Å². The lowest BCUT2D eigenvalue weighted by atomic mass is 9.96. The van der Waals surface area contributed by atoms with Crippen LogP contribution in [-0.2, 0) is 0 Å². The maximum atomic E-state index is 6.01. The fourth-order valence-electron chi connectivity index (χ4n) is 2.57. The standard InChI is InChI=1S/C14H22ClN3/c1-11-13(15)4-5-14(16-11)18-8-6-12(7-9-18)10-17(2)3/h4-5,12H,6-10H2,1-3H3. The number of pyridine rings is 1. The molecule has 1 aliphatic heterocycles. The van der Waals surface area contributed by atoms with E-state index in [1.807, 2.05) is 19.1 Å². The molecule has 0 aromatic carbocycles. The lowest BCUT2D eigenvalue weighted by molar-refractivity contribution is 0.284. The maximum absolute atomic E-state index is 6.01. The summed E-state index contributed by atoms with van der Waals surface area (Å²) in [5, 5.41) is 0.751. The van der Waals surface area contributed by atoms with Gasteiger partial charge < -0.3 is 9.80 Å². The van der Waals surface area contributed by atoms with E-state index in [9.17, 15) is 0 Å². The molecular weight excluding hydrogens is 246 g/mol. The van der Waals surface area contributed by atoms with Crippen molar-refractivity contribution in [3.05, 3.63) is 22.8 Å². The number of hydrogen-bond donors (Lipinski definition) is 0. The van der Waals surface area contributed by atoms with Gasteiger partial charge in [-0.15, -0.1) is 0 Å². The second-order valence-corrected chi connectivity index (χ2v) is 5.84. The number of anilines is 1. The van der Waals surface area contributed by atoms with Crippen LogP contribution in [0.15, 0.2) is 12.1 Å². The monoisotopic (exact) mass is 267 g/mol. The zero-order valence-corrected chi connectivity index (χ0v) is 12.2. The van der Waals surface area contributed by atoms with Gasteiger partial charge in [0.2, 0.25) is 0 Å². The van der Waals surface area contributed by atoms with Crippen LogP contribution in [0.4, 0.5) is 5.82 Å². The third-order valence-corrected chi connectivity index (χ3v) is 3.97. The van der Waals surface area contributed by atoms with Gasteiger partial charge >= 0.3 is 0 Å². The van der Waals surface area contributed by atoms with Crippen LogP contribution in [0.1, 0.15) is 18.5 Å². The molecule has 0 aliphatic carbocycles. The quantitative estimate of drug-likeness (QED) is 0.840. The highest BCUT2D eigenvalue weighted by atomic mass is 35.5. The average Bonchev–Trinajstić information content (AvgIpc) is 2.33. The Balaban J connectivity index is 1.94. The molecule has 1 aliphatic rings. The highest BCUT2D eigenvalue weighted by molar-refractivity contribution is 6.31. The van der Waals surface area contributed by atoms with Crippen LogP contribution < -0.4 is 4.90 Å². The van der Waals surface area contributed by atoms with E-state index in [0.717, 1.165) is 35.5 Å². The van der Waals surface area contributed by atoms with Crippen molar-refractivity contribution in [2.45, 2.75) is 19.8 Å². The summed E-state index contributed by atoms with van der Waals surface area (Å²) >= 11 is 6.01. The average molecular weight is 268 g/mol. The summed E-state index contributed by atoms with van der Waals surface area (Å²) in [5.41, 5.74) is 0.921. The lowest BCUT2D eigenvalue weighted by Gasteiger charge is -2.34. The number of aryl methyl sites for hydroxylation is 1. The Morgan fingerprint density at radius 1 is 1.33 bits per heavy atom. The second-order valence-electron chi connectivity index (χ2n) is 5.43. The minimum Gasteiger partial charge on any atom is -0.357 e. The molecule has 0 amide bonds. The molecule has 0 saturated carbocycles. The van der Waals surface area contributed by atoms with E-state index >= 15 is 0 Å². The lowest BCUT2D eigenvalue weighted by Crippen LogP contribution is -2.37. The molecule has 0 spiro atoms. The van der Waals surface area contributed by atoms with Gasteiger partial charge in [0.15, 0.2) is 0 Å². The topological polar surface area (TPSA) is 19.4 Å². The molecule has 0 N–H and O–H groups in total. The molecule has 1 saturated heterocycles. The predicted octanol–water partition coefficient (Wildman–Crippen LogP) is 2.82. The van der Waals surface area contributed by atoms with E-state index in [-0.39, 0.29) is 0 Å². The van der Waals surface area contributed by atoms with E-state index in [4.69, 9.17) is 11.6 Å². The minimum absolute atomic E-state index is 0.751. The smallest absolute Gasteiger partial charge is 0.128 e. The van der Waals surface area contributed by atoms with Gasteiger partial charge in [-0.3, -0.25) is 0 Å². The first kappa shape index (κ1) is 13.6. The molecule has 1 aromatic heterocycles. The maximum Gasteiger partial charge on any atom is 0.128 e. The Bertz CT molecular complexity index is 398. The van der Waals surface area contributed by atoms with Crippen LogP contribution in [0.5, 0.6) is 0 Å². The van der Waals surface area contributed by atoms with Gasteiger partial charge in [0.1, 0.15) is 5.82 Å². The summed E-state index contributed by atoms with van der Waals surface area (Å²) in [6.45, 7) is 5.37. The summed E-state index contributed by atoms with van der Waals surface area (Å²) in [6, 6.07) is 3.98. The van der Waals surface area contributed by atoms with E-state index in [2.05, 4.69) is 28.9 Å². The molecule has 100 valence electrons. The molecule has 2 heterocycles. The van der Waals surface area contributed by atoms with Crippen LogP contribution in [0.2, 0.25) is 5.02 Å². The highest BCUT2D eigenvalue weighted by Gasteiger charge is 2.20. The highest BCUT2D eigenvalue weighted by Crippen LogP contribution is 2.24. The normalized spacial score (nSPS) is 17.5. The summed E-state index contributed by atoms with van der Waals surface area (Å²) < 4.78 is 0. The number of piperidine rings is 1. The molecule has 1 aromatic rings. The summed E-state index contributed by atoms with van der Waals surface area (Å²) in [7, 11) is 4.30. The van der Waals surface area contributed by atoms with Crippen molar-refractivity contribution in [3.8, 4) is 0 Å². The zero-order chi connectivity index (χ0) is 13.1. The molecule has 1 fully saturated rings. The largest absolute Gasteiger partial charge is 0.357 e. The van der Waals surface area contributed by atoms with Crippen molar-refractivity contribution in [2.75, 3.05) is 38.6 Å². The van der Waals surface area contributed by atoms with E-state index in [1.54, 1.807) is 0 Å². The zero-order valence-electron chi connectivity index (χ0n) is 11.5. The van der Waals surface area contributed by atoms with Gasteiger partial charge in [-0.1, -0.05) is 11.6 Å². The molecule has 4 heteroatoms. The summed E-state index contributed by atoms with van der Waals surface area (Å²) in [4.78, 5) is 9.22. The SMILES string of the molecule is Cc1nc(N2CCC(CN(C)C)CC2)ccc1Cl. The van der Waals surface area contributed by atoms with Crippen molar-refractivity contribution < 1.29 is 0 Å². The number of hydrogen-bond acceptors (Lipinski definition) is 3. The van der Waals surface area contributed by atoms with Crippen molar-refractivity contribution in [2.24, 2.45) is 5.92 Å². The van der Waals surface area contributed by atoms with E-state index in [1.165, 1.54) is 19.4 Å². The molecular formula is C14H22ClN3. The van der Waals surface area contributed by atoms with Crippen molar-refractivity contribution in [1.29, 1.82) is 0 Å². The fourth-order valence-corrected chi connectivity index (χ4v) is 2.67. The van der Waals surface area contributed by atoms with Crippen molar-refractivity contribution in [1.82, 2.24) is 9.88 Å². The number of aromatic nitrogens is 1. The van der Waals surface area contributed by atoms with Gasteiger partial charge in [0.25, 0.3) is 0 Å². The first-order valence-electron chi connectivity index (χ1n) is 6.59. The van der Waals surface area contributed by atoms with Crippen LogP contribution in [0.3, 0.4) is 0 Å². The molecule has 3 nitrogen and oxygen atoms in total. The molecule has 0 atom stereocenters. The van der Waals surface area contributed by atoms with Crippen molar-refractivity contribution in [3.63, 3.8) is 0 Å². The first-order valence-corrected chi connectivity index (χ1v) is 6.97. The van der Waals surface area contributed by atoms with Gasteiger partial charge in [0.05, 0.1) is 10.7 Å². The number of halogens is 1. The van der Waals surface area contributed by atoms with E-state index in [0.29, 0.717) is 0 Å². The summed E-state index contributed by atoms with van der Waals surface area (Å²) in [6.07, 6.45) is 2.50. The van der Waals surface area contributed by atoms with Crippen LogP contribution in [0, 0.1) is 12.8 Å². The van der Waals surface area contributed by atoms with E-state index < -0.39 is 0 Å². The van der Waals surface area contributed by atoms with Gasteiger partial charge in [-0.2, -0.15) is 0 Å². The molecule has 0 unspecified atom stereocenters. The van der Waals surface area contributed by atoms with Crippen LogP contribution in [-0.4, -0.2) is 43.6 Å². The second kappa shape index (κ2) is 5.89. The Morgan fingerprint density at radius 3 is 2.56 bits per heavy atom. The molecule has 0 bridgehead atoms. The Labute approximate surface area is 115 Å². The fraction of sp³-hybridized carbons (Fsp3) is 0.643. The molecule has 2 rings (SSSR count). The Morgan fingerprint density at radius 2 is 2.00 bits per heavy atom. The Hall–Kier alpha value is -0.800. The van der Waals surface area contributed by atoms with Gasteiger partial charge in [-0.25, -0.2) is 4.98 Å². The van der Waals surface area contributed by atoms with Crippen LogP contribution >= 0.6 is 11.6 Å². The van der Waals surface area contributed by atoms with Crippen LogP contribution in [0.25, 0.3) is 0 Å². The number of rotatable bonds is 3. The van der Waals surface area contributed by atoms with Crippen molar-refractivity contribution >= 4 is 17.4 Å².